The largest absolute Gasteiger partial charge is 0.365 e. The third kappa shape index (κ3) is 3.48. The third-order valence-corrected chi connectivity index (χ3v) is 4.17. The molecule has 1 N–H and O–H groups in total. The minimum atomic E-state index is -0.210. The lowest BCUT2D eigenvalue weighted by Gasteiger charge is -2.24. The van der Waals surface area contributed by atoms with Gasteiger partial charge < -0.3 is 5.32 Å². The van der Waals surface area contributed by atoms with Crippen molar-refractivity contribution in [3.05, 3.63) is 59.9 Å². The van der Waals surface area contributed by atoms with Gasteiger partial charge in [0, 0.05) is 11.7 Å². The molecule has 3 aromatic heterocycles. The van der Waals surface area contributed by atoms with Crippen LogP contribution in [0.5, 0.6) is 0 Å². The van der Waals surface area contributed by atoms with Crippen LogP contribution in [0.2, 0.25) is 5.15 Å². The fraction of sp³-hybridized carbons (Fsp3) is 0.200. The van der Waals surface area contributed by atoms with Gasteiger partial charge in [-0.25, -0.2) is 0 Å². The Labute approximate surface area is 162 Å². The van der Waals surface area contributed by atoms with Crippen molar-refractivity contribution in [3.63, 3.8) is 0 Å². The van der Waals surface area contributed by atoms with Crippen LogP contribution >= 0.6 is 11.6 Å². The zero-order valence-corrected chi connectivity index (χ0v) is 16.1. The van der Waals surface area contributed by atoms with Crippen LogP contribution in [-0.4, -0.2) is 30.1 Å². The zero-order chi connectivity index (χ0) is 19.0. The van der Waals surface area contributed by atoms with Gasteiger partial charge in [-0.15, -0.1) is 5.10 Å². The van der Waals surface area contributed by atoms with Gasteiger partial charge in [-0.1, -0.05) is 48.0 Å². The smallest absolute Gasteiger partial charge is 0.256 e. The molecule has 0 amide bonds. The first-order valence-electron chi connectivity index (χ1n) is 8.64. The minimum absolute atomic E-state index is 0.210. The maximum absolute atomic E-state index is 6.58. The minimum Gasteiger partial charge on any atom is -0.365 e. The summed E-state index contributed by atoms with van der Waals surface area (Å²) in [6.07, 6.45) is 1.71. The zero-order valence-electron chi connectivity index (χ0n) is 15.3. The van der Waals surface area contributed by atoms with E-state index in [0.29, 0.717) is 22.4 Å². The Balaban J connectivity index is 2.00. The second kappa shape index (κ2) is 6.63. The highest BCUT2D eigenvalue weighted by Crippen LogP contribution is 2.35. The number of rotatable bonds is 3. The molecular weight excluding hydrogens is 360 g/mol. The number of halogens is 1. The summed E-state index contributed by atoms with van der Waals surface area (Å²) in [7, 11) is 0. The summed E-state index contributed by atoms with van der Waals surface area (Å²) in [6, 6.07) is 15.5. The Kier molecular flexibility index (Phi) is 4.28. The summed E-state index contributed by atoms with van der Waals surface area (Å²) in [5, 5.41) is 8.54. The molecule has 0 saturated carbocycles. The molecule has 0 radical (unpaired) electrons. The van der Waals surface area contributed by atoms with Crippen LogP contribution in [0.25, 0.3) is 28.4 Å². The highest BCUT2D eigenvalue weighted by atomic mass is 35.5. The standard InChI is InChI=1S/C20H19ClN6/c1-20(2,3)25-18-15(13-9-5-4-6-10-13)16(21)23-19-24-17(26-27(18)19)14-11-7-8-12-22-14/h4-12,25H,1-3H3. The van der Waals surface area contributed by atoms with Gasteiger partial charge in [0.2, 0.25) is 5.82 Å². The van der Waals surface area contributed by atoms with Crippen LogP contribution in [0.15, 0.2) is 54.7 Å². The van der Waals surface area contributed by atoms with Crippen molar-refractivity contribution in [2.75, 3.05) is 5.32 Å². The molecule has 0 bridgehead atoms. The first-order chi connectivity index (χ1) is 12.9. The lowest BCUT2D eigenvalue weighted by molar-refractivity contribution is 0.626. The average Bonchev–Trinajstić information content (AvgIpc) is 3.06. The molecule has 0 fully saturated rings. The molecule has 0 aliphatic carbocycles. The van der Waals surface area contributed by atoms with Crippen molar-refractivity contribution in [1.82, 2.24) is 24.6 Å². The van der Waals surface area contributed by atoms with Crippen molar-refractivity contribution < 1.29 is 0 Å². The summed E-state index contributed by atoms with van der Waals surface area (Å²) in [5.74, 6) is 1.67. The first kappa shape index (κ1) is 17.4. The van der Waals surface area contributed by atoms with Crippen LogP contribution < -0.4 is 5.32 Å². The van der Waals surface area contributed by atoms with Crippen LogP contribution in [-0.2, 0) is 0 Å². The van der Waals surface area contributed by atoms with Crippen LogP contribution in [0.1, 0.15) is 20.8 Å². The topological polar surface area (TPSA) is 68.0 Å². The number of aromatic nitrogens is 5. The summed E-state index contributed by atoms with van der Waals surface area (Å²) in [6.45, 7) is 6.25. The Morgan fingerprint density at radius 1 is 0.963 bits per heavy atom. The van der Waals surface area contributed by atoms with E-state index in [1.807, 2.05) is 48.5 Å². The average molecular weight is 379 g/mol. The first-order valence-corrected chi connectivity index (χ1v) is 9.01. The predicted octanol–water partition coefficient (Wildman–Crippen LogP) is 4.72. The number of hydrogen-bond acceptors (Lipinski definition) is 5. The van der Waals surface area contributed by atoms with E-state index in [-0.39, 0.29) is 5.54 Å². The van der Waals surface area contributed by atoms with E-state index < -0.39 is 0 Å². The molecule has 0 aliphatic heterocycles. The van der Waals surface area contributed by atoms with E-state index in [9.17, 15) is 0 Å². The highest BCUT2D eigenvalue weighted by molar-refractivity contribution is 6.33. The number of anilines is 1. The van der Waals surface area contributed by atoms with Crippen molar-refractivity contribution in [2.24, 2.45) is 0 Å². The lowest BCUT2D eigenvalue weighted by Crippen LogP contribution is -2.28. The maximum Gasteiger partial charge on any atom is 0.256 e. The number of benzene rings is 1. The molecule has 0 saturated heterocycles. The molecule has 0 atom stereocenters. The molecule has 4 aromatic rings. The fourth-order valence-electron chi connectivity index (χ4n) is 2.81. The van der Waals surface area contributed by atoms with E-state index in [1.54, 1.807) is 10.7 Å². The van der Waals surface area contributed by atoms with E-state index in [4.69, 9.17) is 11.6 Å². The molecule has 3 heterocycles. The molecule has 136 valence electrons. The lowest BCUT2D eigenvalue weighted by atomic mass is 10.1. The number of nitrogens with one attached hydrogen (secondary N) is 1. The van der Waals surface area contributed by atoms with Gasteiger partial charge in [0.05, 0.1) is 5.56 Å². The Hall–Kier alpha value is -2.99. The SMILES string of the molecule is CC(C)(C)Nc1c(-c2ccccc2)c(Cl)nc2nc(-c3ccccn3)nn12. The molecular formula is C20H19ClN6. The van der Waals surface area contributed by atoms with Gasteiger partial charge in [-0.3, -0.25) is 4.98 Å². The van der Waals surface area contributed by atoms with E-state index >= 15 is 0 Å². The van der Waals surface area contributed by atoms with Crippen molar-refractivity contribution in [2.45, 2.75) is 26.3 Å². The van der Waals surface area contributed by atoms with Crippen molar-refractivity contribution in [3.8, 4) is 22.6 Å². The molecule has 27 heavy (non-hydrogen) atoms. The molecule has 4 rings (SSSR count). The summed E-state index contributed by atoms with van der Waals surface area (Å²) in [5.41, 5.74) is 2.22. The van der Waals surface area contributed by atoms with Crippen LogP contribution in [0, 0.1) is 0 Å². The van der Waals surface area contributed by atoms with E-state index in [0.717, 1.165) is 16.9 Å². The molecule has 7 heteroatoms. The van der Waals surface area contributed by atoms with Gasteiger partial charge in [0.25, 0.3) is 5.78 Å². The molecule has 0 unspecified atom stereocenters. The molecule has 1 aromatic carbocycles. The molecule has 6 nitrogen and oxygen atoms in total. The fourth-order valence-corrected chi connectivity index (χ4v) is 3.08. The maximum atomic E-state index is 6.58. The normalized spacial score (nSPS) is 11.7. The van der Waals surface area contributed by atoms with Gasteiger partial charge in [0.15, 0.2) is 0 Å². The van der Waals surface area contributed by atoms with Crippen molar-refractivity contribution in [1.29, 1.82) is 0 Å². The summed E-state index contributed by atoms with van der Waals surface area (Å²) in [4.78, 5) is 13.3. The van der Waals surface area contributed by atoms with E-state index in [2.05, 4.69) is 46.1 Å². The van der Waals surface area contributed by atoms with Gasteiger partial charge in [0.1, 0.15) is 16.7 Å². The number of pyridine rings is 1. The van der Waals surface area contributed by atoms with Crippen LogP contribution in [0.4, 0.5) is 5.82 Å². The Morgan fingerprint density at radius 3 is 2.37 bits per heavy atom. The number of nitrogens with zero attached hydrogens (tertiary/aromatic N) is 5. The summed E-state index contributed by atoms with van der Waals surface area (Å²) >= 11 is 6.58. The van der Waals surface area contributed by atoms with E-state index in [1.165, 1.54) is 0 Å². The van der Waals surface area contributed by atoms with Gasteiger partial charge >= 0.3 is 0 Å². The van der Waals surface area contributed by atoms with Crippen LogP contribution in [0.3, 0.4) is 0 Å². The Morgan fingerprint density at radius 2 is 1.70 bits per heavy atom. The predicted molar refractivity (Wildman–Crippen MR) is 108 cm³/mol. The summed E-state index contributed by atoms with van der Waals surface area (Å²) < 4.78 is 1.70. The quantitative estimate of drug-likeness (QED) is 0.522. The highest BCUT2D eigenvalue weighted by Gasteiger charge is 2.23. The second-order valence-electron chi connectivity index (χ2n) is 7.23. The van der Waals surface area contributed by atoms with Crippen molar-refractivity contribution >= 4 is 23.2 Å². The molecule has 0 spiro atoms. The number of fused-ring (bicyclic) bond motifs is 1. The van der Waals surface area contributed by atoms with Gasteiger partial charge in [-0.2, -0.15) is 14.5 Å². The third-order valence-electron chi connectivity index (χ3n) is 3.89. The second-order valence-corrected chi connectivity index (χ2v) is 7.59. The molecule has 0 aliphatic rings. The van der Waals surface area contributed by atoms with Gasteiger partial charge in [-0.05, 0) is 38.5 Å². The Bertz CT molecular complexity index is 1080. The number of hydrogen-bond donors (Lipinski definition) is 1. The monoisotopic (exact) mass is 378 g/mol.